The summed E-state index contributed by atoms with van der Waals surface area (Å²) in [7, 11) is 1.83. The first-order chi connectivity index (χ1) is 9.70. The van der Waals surface area contributed by atoms with Crippen LogP contribution in [-0.4, -0.2) is 26.9 Å². The van der Waals surface area contributed by atoms with E-state index < -0.39 is 0 Å². The van der Waals surface area contributed by atoms with Crippen LogP contribution in [0.15, 0.2) is 33.8 Å². The van der Waals surface area contributed by atoms with E-state index in [1.54, 1.807) is 16.4 Å². The van der Waals surface area contributed by atoms with Gasteiger partial charge < -0.3 is 4.74 Å². The molecule has 0 amide bonds. The number of aryl methyl sites for hydroxylation is 1. The number of fused-ring (bicyclic) bond motifs is 1. The first-order valence-corrected chi connectivity index (χ1v) is 7.88. The van der Waals surface area contributed by atoms with Crippen molar-refractivity contribution in [1.82, 2.24) is 20.4 Å². The quantitative estimate of drug-likeness (QED) is 0.643. The van der Waals surface area contributed by atoms with E-state index in [0.717, 1.165) is 22.1 Å². The molecule has 106 valence electrons. The van der Waals surface area contributed by atoms with E-state index in [0.29, 0.717) is 4.60 Å². The van der Waals surface area contributed by atoms with Gasteiger partial charge >= 0.3 is 0 Å². The lowest BCUT2D eigenvalue weighted by molar-refractivity contribution is 0.162. The highest BCUT2D eigenvalue weighted by Gasteiger charge is 2.32. The molecule has 0 saturated carbocycles. The molecule has 0 aliphatic carbocycles. The van der Waals surface area contributed by atoms with Crippen molar-refractivity contribution in [3.8, 4) is 5.75 Å². The van der Waals surface area contributed by atoms with Gasteiger partial charge in [-0.25, -0.2) is 10.1 Å². The van der Waals surface area contributed by atoms with Gasteiger partial charge in [0, 0.05) is 17.7 Å². The Hall–Kier alpha value is -1.09. The van der Waals surface area contributed by atoms with Crippen molar-refractivity contribution in [2.75, 3.05) is 5.75 Å². The van der Waals surface area contributed by atoms with Gasteiger partial charge in [0.1, 0.15) is 17.9 Å². The highest BCUT2D eigenvalue weighted by Crippen LogP contribution is 2.38. The van der Waals surface area contributed by atoms with Gasteiger partial charge in [-0.15, -0.1) is 16.9 Å². The van der Waals surface area contributed by atoms with Crippen LogP contribution in [0.1, 0.15) is 11.7 Å². The summed E-state index contributed by atoms with van der Waals surface area (Å²) in [5.41, 5.74) is 3.69. The summed E-state index contributed by atoms with van der Waals surface area (Å²) >= 11 is 5.17. The van der Waals surface area contributed by atoms with Crippen LogP contribution < -0.4 is 16.0 Å². The van der Waals surface area contributed by atoms with E-state index in [1.165, 1.54) is 0 Å². The largest absolute Gasteiger partial charge is 0.486 e. The van der Waals surface area contributed by atoms with E-state index in [4.69, 9.17) is 10.6 Å². The molecule has 6 nitrogen and oxygen atoms in total. The molecule has 1 aromatic heterocycles. The van der Waals surface area contributed by atoms with Gasteiger partial charge in [-0.1, -0.05) is 17.3 Å². The van der Waals surface area contributed by atoms with E-state index in [2.05, 4.69) is 37.7 Å². The third kappa shape index (κ3) is 2.44. The summed E-state index contributed by atoms with van der Waals surface area (Å²) < 4.78 is 8.44. The molecular formula is C12H14BrN5OS. The van der Waals surface area contributed by atoms with Crippen LogP contribution in [0.4, 0.5) is 0 Å². The molecular weight excluding hydrogens is 342 g/mol. The highest BCUT2D eigenvalue weighted by molar-refractivity contribution is 9.10. The van der Waals surface area contributed by atoms with Gasteiger partial charge in [0.25, 0.3) is 0 Å². The Morgan fingerprint density at radius 1 is 1.55 bits per heavy atom. The van der Waals surface area contributed by atoms with Gasteiger partial charge in [-0.05, 0) is 28.1 Å². The maximum atomic E-state index is 6.07. The molecule has 1 aliphatic rings. The zero-order valence-electron chi connectivity index (χ0n) is 10.8. The lowest BCUT2D eigenvalue weighted by Crippen LogP contribution is -2.43. The molecule has 0 bridgehead atoms. The van der Waals surface area contributed by atoms with Crippen molar-refractivity contribution >= 4 is 27.7 Å². The molecule has 1 aromatic carbocycles. The second-order valence-electron chi connectivity index (χ2n) is 4.45. The molecule has 0 radical (unpaired) electrons. The molecule has 8 heteroatoms. The third-order valence-corrected chi connectivity index (χ3v) is 4.91. The standard InChI is InChI=1S/C12H14BrN5OS/c1-18-11(12(13)16-17-18)10(15-14)8-6-20-9-5-3-2-4-7(9)19-8/h2-5,8,10,15H,6,14H2,1H3. The number of nitrogens with two attached hydrogens (primary N) is 1. The predicted octanol–water partition coefficient (Wildman–Crippen LogP) is 1.64. The number of hydrazine groups is 1. The van der Waals surface area contributed by atoms with Crippen LogP contribution in [0, 0.1) is 0 Å². The number of nitrogens with zero attached hydrogens (tertiary/aromatic N) is 3. The molecule has 2 aromatic rings. The van der Waals surface area contributed by atoms with Gasteiger partial charge in [0.05, 0.1) is 5.69 Å². The van der Waals surface area contributed by atoms with Crippen molar-refractivity contribution < 1.29 is 4.74 Å². The lowest BCUT2D eigenvalue weighted by Gasteiger charge is -2.31. The molecule has 1 aliphatic heterocycles. The van der Waals surface area contributed by atoms with E-state index >= 15 is 0 Å². The zero-order chi connectivity index (χ0) is 14.1. The van der Waals surface area contributed by atoms with E-state index in [1.807, 2.05) is 25.2 Å². The van der Waals surface area contributed by atoms with Crippen LogP contribution in [0.25, 0.3) is 0 Å². The summed E-state index contributed by atoms with van der Waals surface area (Å²) in [5, 5.41) is 7.98. The topological polar surface area (TPSA) is 78.0 Å². The average molecular weight is 356 g/mol. The summed E-state index contributed by atoms with van der Waals surface area (Å²) in [6.45, 7) is 0. The fourth-order valence-electron chi connectivity index (χ4n) is 2.23. The minimum Gasteiger partial charge on any atom is -0.486 e. The van der Waals surface area contributed by atoms with Gasteiger partial charge in [-0.2, -0.15) is 0 Å². The van der Waals surface area contributed by atoms with Gasteiger partial charge in [0.2, 0.25) is 0 Å². The zero-order valence-corrected chi connectivity index (χ0v) is 13.2. The van der Waals surface area contributed by atoms with Crippen LogP contribution in [0.3, 0.4) is 0 Å². The van der Waals surface area contributed by atoms with Crippen molar-refractivity contribution in [2.45, 2.75) is 17.0 Å². The monoisotopic (exact) mass is 355 g/mol. The van der Waals surface area contributed by atoms with E-state index in [-0.39, 0.29) is 12.1 Å². The summed E-state index contributed by atoms with van der Waals surface area (Å²) in [6.07, 6.45) is -0.0894. The Labute approximate surface area is 129 Å². The number of benzene rings is 1. The Morgan fingerprint density at radius 2 is 2.35 bits per heavy atom. The Morgan fingerprint density at radius 3 is 3.05 bits per heavy atom. The molecule has 20 heavy (non-hydrogen) atoms. The molecule has 2 atom stereocenters. The van der Waals surface area contributed by atoms with Crippen LogP contribution >= 0.6 is 27.7 Å². The minimum absolute atomic E-state index is 0.0894. The first-order valence-electron chi connectivity index (χ1n) is 6.10. The third-order valence-electron chi connectivity index (χ3n) is 3.20. The molecule has 2 heterocycles. The molecule has 2 unspecified atom stereocenters. The SMILES string of the molecule is Cn1nnc(Br)c1C(NN)C1CSc2ccccc2O1. The number of halogens is 1. The number of thioether (sulfide) groups is 1. The van der Waals surface area contributed by atoms with E-state index in [9.17, 15) is 0 Å². The van der Waals surface area contributed by atoms with Crippen LogP contribution in [0.2, 0.25) is 0 Å². The minimum atomic E-state index is -0.190. The molecule has 3 rings (SSSR count). The Balaban J connectivity index is 1.89. The number of aromatic nitrogens is 3. The van der Waals surface area contributed by atoms with Crippen LogP contribution in [0.5, 0.6) is 5.75 Å². The Bertz CT molecular complexity index is 600. The predicted molar refractivity (Wildman–Crippen MR) is 80.3 cm³/mol. The van der Waals surface area contributed by atoms with Crippen LogP contribution in [-0.2, 0) is 7.05 Å². The van der Waals surface area contributed by atoms with Crippen molar-refractivity contribution in [1.29, 1.82) is 0 Å². The first kappa shape index (κ1) is 13.9. The maximum Gasteiger partial charge on any atom is 0.153 e. The average Bonchev–Trinajstić information content (AvgIpc) is 2.80. The summed E-state index contributed by atoms with van der Waals surface area (Å²) in [4.78, 5) is 1.15. The highest BCUT2D eigenvalue weighted by atomic mass is 79.9. The second kappa shape index (κ2) is 5.72. The van der Waals surface area contributed by atoms with Crippen molar-refractivity contribution in [2.24, 2.45) is 12.9 Å². The van der Waals surface area contributed by atoms with Crippen molar-refractivity contribution in [3.63, 3.8) is 0 Å². The Kier molecular flexibility index (Phi) is 3.97. The lowest BCUT2D eigenvalue weighted by atomic mass is 10.1. The molecule has 3 N–H and O–H groups in total. The summed E-state index contributed by atoms with van der Waals surface area (Å²) in [5.74, 6) is 7.42. The molecule has 0 spiro atoms. The number of hydrogen-bond acceptors (Lipinski definition) is 6. The molecule has 0 fully saturated rings. The fraction of sp³-hybridized carbons (Fsp3) is 0.333. The normalized spacial score (nSPS) is 19.2. The number of para-hydroxylation sites is 1. The van der Waals surface area contributed by atoms with Crippen molar-refractivity contribution in [3.05, 3.63) is 34.6 Å². The summed E-state index contributed by atoms with van der Waals surface area (Å²) in [6, 6.07) is 7.82. The number of ether oxygens (including phenoxy) is 1. The maximum absolute atomic E-state index is 6.07. The van der Waals surface area contributed by atoms with Gasteiger partial charge in [0.15, 0.2) is 4.60 Å². The fourth-order valence-corrected chi connectivity index (χ4v) is 3.84. The smallest absolute Gasteiger partial charge is 0.153 e. The molecule has 0 saturated heterocycles. The second-order valence-corrected chi connectivity index (χ2v) is 6.26. The van der Waals surface area contributed by atoms with Gasteiger partial charge in [-0.3, -0.25) is 5.84 Å². The number of hydrogen-bond donors (Lipinski definition) is 2. The number of nitrogens with one attached hydrogen (secondary N) is 1. The number of rotatable bonds is 3.